The maximum Gasteiger partial charge on any atom is 0.337 e. The van der Waals surface area contributed by atoms with Crippen LogP contribution in [0.3, 0.4) is 0 Å². The van der Waals surface area contributed by atoms with Gasteiger partial charge in [0.2, 0.25) is 6.29 Å². The number of carbonyl (C=O) groups excluding carboxylic acids is 1. The fourth-order valence-electron chi connectivity index (χ4n) is 0.899. The van der Waals surface area contributed by atoms with E-state index in [1.165, 1.54) is 0 Å². The van der Waals surface area contributed by atoms with E-state index in [1.807, 2.05) is 6.92 Å². The van der Waals surface area contributed by atoms with E-state index in [0.29, 0.717) is 0 Å². The minimum absolute atomic E-state index is 0.238. The largest absolute Gasteiger partial charge is 0.434 e. The normalized spacial score (nSPS) is 32.4. The van der Waals surface area contributed by atoms with Gasteiger partial charge in [0.25, 0.3) is 0 Å². The average molecular weight is 144 g/mol. The number of ether oxygens (including phenoxy) is 2. The summed E-state index contributed by atoms with van der Waals surface area (Å²) in [5.41, 5.74) is 0. The van der Waals surface area contributed by atoms with E-state index in [2.05, 4.69) is 0 Å². The molecule has 0 bridgehead atoms. The van der Waals surface area contributed by atoms with E-state index in [1.54, 1.807) is 6.92 Å². The van der Waals surface area contributed by atoms with Crippen molar-refractivity contribution in [3.8, 4) is 0 Å². The monoisotopic (exact) mass is 144 g/mol. The molecule has 2 atom stereocenters. The van der Waals surface area contributed by atoms with Crippen molar-refractivity contribution < 1.29 is 14.3 Å². The summed E-state index contributed by atoms with van der Waals surface area (Å²) >= 11 is 0. The Morgan fingerprint density at radius 3 is 2.70 bits per heavy atom. The van der Waals surface area contributed by atoms with E-state index in [9.17, 15) is 4.79 Å². The number of carbonyl (C=O) groups is 1. The molecule has 0 aromatic carbocycles. The van der Waals surface area contributed by atoms with E-state index >= 15 is 0 Å². The SMILES string of the molecule is CCC[C@H]1OC(=O)[C@@H](C)O1. The molecule has 1 heterocycles. The Balaban J connectivity index is 2.34. The van der Waals surface area contributed by atoms with Gasteiger partial charge in [0.05, 0.1) is 0 Å². The summed E-state index contributed by atoms with van der Waals surface area (Å²) in [4.78, 5) is 10.7. The van der Waals surface area contributed by atoms with Gasteiger partial charge in [0.15, 0.2) is 6.10 Å². The average Bonchev–Trinajstić information content (AvgIpc) is 2.14. The molecule has 0 aromatic heterocycles. The van der Waals surface area contributed by atoms with E-state index in [-0.39, 0.29) is 18.4 Å². The molecule has 1 fully saturated rings. The molecular formula is C7H12O3. The molecule has 10 heavy (non-hydrogen) atoms. The second-order valence-electron chi connectivity index (χ2n) is 2.43. The van der Waals surface area contributed by atoms with Crippen molar-refractivity contribution in [1.29, 1.82) is 0 Å². The van der Waals surface area contributed by atoms with Gasteiger partial charge < -0.3 is 9.47 Å². The van der Waals surface area contributed by atoms with Crippen LogP contribution in [0.4, 0.5) is 0 Å². The summed E-state index contributed by atoms with van der Waals surface area (Å²) in [6.45, 7) is 3.73. The molecule has 0 radical (unpaired) electrons. The van der Waals surface area contributed by atoms with Crippen LogP contribution in [-0.4, -0.2) is 18.4 Å². The summed E-state index contributed by atoms with van der Waals surface area (Å²) < 4.78 is 10.00. The Morgan fingerprint density at radius 1 is 1.60 bits per heavy atom. The van der Waals surface area contributed by atoms with Crippen LogP contribution < -0.4 is 0 Å². The summed E-state index contributed by atoms with van der Waals surface area (Å²) in [6.07, 6.45) is 1.13. The summed E-state index contributed by atoms with van der Waals surface area (Å²) in [6, 6.07) is 0. The topological polar surface area (TPSA) is 35.5 Å². The smallest absolute Gasteiger partial charge is 0.337 e. The Bertz CT molecular complexity index is 133. The van der Waals surface area contributed by atoms with Gasteiger partial charge in [-0.2, -0.15) is 0 Å². The Hall–Kier alpha value is -0.570. The highest BCUT2D eigenvalue weighted by molar-refractivity contribution is 5.75. The van der Waals surface area contributed by atoms with E-state index in [4.69, 9.17) is 9.47 Å². The molecule has 1 aliphatic rings. The van der Waals surface area contributed by atoms with E-state index in [0.717, 1.165) is 12.8 Å². The minimum atomic E-state index is -0.364. The molecule has 0 aliphatic carbocycles. The number of hydrogen-bond acceptors (Lipinski definition) is 3. The van der Waals surface area contributed by atoms with Gasteiger partial charge in [-0.25, -0.2) is 4.79 Å². The van der Waals surface area contributed by atoms with Crippen LogP contribution in [0.2, 0.25) is 0 Å². The van der Waals surface area contributed by atoms with Gasteiger partial charge in [-0.3, -0.25) is 0 Å². The van der Waals surface area contributed by atoms with Gasteiger partial charge in [-0.05, 0) is 6.92 Å². The second-order valence-corrected chi connectivity index (χ2v) is 2.43. The fourth-order valence-corrected chi connectivity index (χ4v) is 0.899. The van der Waals surface area contributed by atoms with Gasteiger partial charge in [0.1, 0.15) is 0 Å². The zero-order chi connectivity index (χ0) is 7.56. The van der Waals surface area contributed by atoms with Crippen molar-refractivity contribution in [3.05, 3.63) is 0 Å². The maximum absolute atomic E-state index is 10.7. The van der Waals surface area contributed by atoms with Crippen LogP contribution in [0.15, 0.2) is 0 Å². The van der Waals surface area contributed by atoms with Crippen molar-refractivity contribution in [2.75, 3.05) is 0 Å². The van der Waals surface area contributed by atoms with Crippen LogP contribution in [0, 0.1) is 0 Å². The van der Waals surface area contributed by atoms with Crippen LogP contribution in [-0.2, 0) is 14.3 Å². The number of rotatable bonds is 2. The number of hydrogen-bond donors (Lipinski definition) is 0. The van der Waals surface area contributed by atoms with Crippen LogP contribution in [0.5, 0.6) is 0 Å². The van der Waals surface area contributed by atoms with Gasteiger partial charge in [-0.1, -0.05) is 13.3 Å². The maximum atomic E-state index is 10.7. The third-order valence-electron chi connectivity index (χ3n) is 1.46. The molecule has 1 rings (SSSR count). The predicted molar refractivity (Wildman–Crippen MR) is 35.3 cm³/mol. The first-order valence-corrected chi connectivity index (χ1v) is 3.60. The third-order valence-corrected chi connectivity index (χ3v) is 1.46. The molecule has 0 unspecified atom stereocenters. The molecule has 0 N–H and O–H groups in total. The van der Waals surface area contributed by atoms with Crippen molar-refractivity contribution in [2.24, 2.45) is 0 Å². The molecular weight excluding hydrogens is 132 g/mol. The zero-order valence-electron chi connectivity index (χ0n) is 6.29. The molecule has 58 valence electrons. The number of cyclic esters (lactones) is 1. The van der Waals surface area contributed by atoms with Crippen molar-refractivity contribution >= 4 is 5.97 Å². The summed E-state index contributed by atoms with van der Waals surface area (Å²) in [7, 11) is 0. The standard InChI is InChI=1S/C7H12O3/c1-3-4-6-9-5(2)7(8)10-6/h5-6H,3-4H2,1-2H3/t5-,6-/m1/s1. The minimum Gasteiger partial charge on any atom is -0.434 e. The van der Waals surface area contributed by atoms with Crippen molar-refractivity contribution in [2.45, 2.75) is 39.1 Å². The molecule has 1 saturated heterocycles. The van der Waals surface area contributed by atoms with Crippen LogP contribution in [0.25, 0.3) is 0 Å². The number of esters is 1. The van der Waals surface area contributed by atoms with E-state index < -0.39 is 0 Å². The van der Waals surface area contributed by atoms with Crippen LogP contribution >= 0.6 is 0 Å². The summed E-state index contributed by atoms with van der Waals surface area (Å²) in [5, 5.41) is 0. The van der Waals surface area contributed by atoms with Gasteiger partial charge in [-0.15, -0.1) is 0 Å². The van der Waals surface area contributed by atoms with Crippen molar-refractivity contribution in [3.63, 3.8) is 0 Å². The predicted octanol–water partition coefficient (Wildman–Crippen LogP) is 1.07. The lowest BCUT2D eigenvalue weighted by Crippen LogP contribution is -2.09. The quantitative estimate of drug-likeness (QED) is 0.544. The zero-order valence-corrected chi connectivity index (χ0v) is 6.29. The second kappa shape index (κ2) is 3.01. The molecule has 3 nitrogen and oxygen atoms in total. The van der Waals surface area contributed by atoms with Gasteiger partial charge in [0, 0.05) is 6.42 Å². The lowest BCUT2D eigenvalue weighted by atomic mass is 10.3. The molecule has 1 aliphatic heterocycles. The Labute approximate surface area is 60.3 Å². The highest BCUT2D eigenvalue weighted by atomic mass is 16.7. The molecule has 0 spiro atoms. The highest BCUT2D eigenvalue weighted by Crippen LogP contribution is 2.16. The fraction of sp³-hybridized carbons (Fsp3) is 0.857. The summed E-state index contributed by atoms with van der Waals surface area (Å²) in [5.74, 6) is -0.238. The molecule has 0 aromatic rings. The molecule has 0 amide bonds. The highest BCUT2D eigenvalue weighted by Gasteiger charge is 2.30. The first-order valence-electron chi connectivity index (χ1n) is 3.60. The molecule has 0 saturated carbocycles. The first kappa shape index (κ1) is 7.54. The third kappa shape index (κ3) is 1.48. The first-order chi connectivity index (χ1) is 4.74. The van der Waals surface area contributed by atoms with Crippen molar-refractivity contribution in [1.82, 2.24) is 0 Å². The Kier molecular flexibility index (Phi) is 2.27. The van der Waals surface area contributed by atoms with Crippen LogP contribution in [0.1, 0.15) is 26.7 Å². The molecule has 3 heteroatoms. The lowest BCUT2D eigenvalue weighted by molar-refractivity contribution is -0.143. The van der Waals surface area contributed by atoms with Gasteiger partial charge >= 0.3 is 5.97 Å². The Morgan fingerprint density at radius 2 is 2.30 bits per heavy atom. The lowest BCUT2D eigenvalue weighted by Gasteiger charge is -2.04.